The second-order valence-corrected chi connectivity index (χ2v) is 5.78. The smallest absolute Gasteiger partial charge is 0.277 e. The Hall–Kier alpha value is -3.93. The van der Waals surface area contributed by atoms with Gasteiger partial charge in [0, 0.05) is 5.69 Å². The maximum absolute atomic E-state index is 12.4. The van der Waals surface area contributed by atoms with Gasteiger partial charge in [-0.1, -0.05) is 41.6 Å². The van der Waals surface area contributed by atoms with E-state index in [2.05, 4.69) is 15.6 Å². The molecule has 0 unspecified atom stereocenters. The van der Waals surface area contributed by atoms with Crippen molar-refractivity contribution in [1.82, 2.24) is 15.0 Å². The van der Waals surface area contributed by atoms with Crippen molar-refractivity contribution in [2.75, 3.05) is 5.32 Å². The maximum Gasteiger partial charge on any atom is 0.277 e. The summed E-state index contributed by atoms with van der Waals surface area (Å²) in [5.41, 5.74) is 1.73. The van der Waals surface area contributed by atoms with Crippen LogP contribution in [0.4, 0.5) is 5.69 Å². The van der Waals surface area contributed by atoms with Crippen LogP contribution in [0.2, 0.25) is 0 Å². The number of hydrogen-bond donors (Lipinski definition) is 1. The zero-order valence-electron chi connectivity index (χ0n) is 14.3. The number of aromatic nitrogens is 3. The Bertz CT molecular complexity index is 1030. The Morgan fingerprint density at radius 2 is 1.44 bits per heavy atom. The lowest BCUT2D eigenvalue weighted by molar-refractivity contribution is 0.102. The predicted octanol–water partition coefficient (Wildman–Crippen LogP) is 4.31. The molecule has 0 radical (unpaired) electrons. The van der Waals surface area contributed by atoms with Crippen LogP contribution in [-0.4, -0.2) is 20.9 Å². The molecule has 1 N–H and O–H groups in total. The lowest BCUT2D eigenvalue weighted by Gasteiger charge is -2.07. The van der Waals surface area contributed by atoms with Crippen molar-refractivity contribution >= 4 is 11.6 Å². The van der Waals surface area contributed by atoms with Crippen molar-refractivity contribution in [2.45, 2.75) is 0 Å². The Labute approximate surface area is 156 Å². The molecule has 1 amide bonds. The average Bonchev–Trinajstić information content (AvgIpc) is 3.21. The van der Waals surface area contributed by atoms with Gasteiger partial charge in [0.2, 0.25) is 0 Å². The molecule has 3 aromatic carbocycles. The van der Waals surface area contributed by atoms with E-state index >= 15 is 0 Å². The molecule has 6 nitrogen and oxygen atoms in total. The Kier molecular flexibility index (Phi) is 4.61. The highest BCUT2D eigenvalue weighted by Crippen LogP contribution is 2.22. The van der Waals surface area contributed by atoms with Gasteiger partial charge in [-0.2, -0.15) is 0 Å². The molecule has 4 rings (SSSR count). The third-order valence-electron chi connectivity index (χ3n) is 3.84. The SMILES string of the molecule is O=C(Nc1ccc(Oc2ccccc2)cc1)c1cn(-c2ccccc2)nn1. The first-order valence-electron chi connectivity index (χ1n) is 8.40. The van der Waals surface area contributed by atoms with E-state index in [9.17, 15) is 4.79 Å². The molecule has 0 aliphatic rings. The van der Waals surface area contributed by atoms with Gasteiger partial charge in [-0.15, -0.1) is 5.10 Å². The summed E-state index contributed by atoms with van der Waals surface area (Å²) < 4.78 is 7.30. The number of para-hydroxylation sites is 2. The summed E-state index contributed by atoms with van der Waals surface area (Å²) >= 11 is 0. The van der Waals surface area contributed by atoms with Gasteiger partial charge in [-0.25, -0.2) is 4.68 Å². The molecule has 4 aromatic rings. The summed E-state index contributed by atoms with van der Waals surface area (Å²) in [6.07, 6.45) is 1.59. The summed E-state index contributed by atoms with van der Waals surface area (Å²) in [7, 11) is 0. The number of anilines is 1. The first kappa shape index (κ1) is 16.5. The number of nitrogens with zero attached hydrogens (tertiary/aromatic N) is 3. The van der Waals surface area contributed by atoms with Crippen LogP contribution >= 0.6 is 0 Å². The minimum Gasteiger partial charge on any atom is -0.457 e. The molecule has 1 aromatic heterocycles. The number of hydrogen-bond acceptors (Lipinski definition) is 4. The molecule has 0 bridgehead atoms. The van der Waals surface area contributed by atoms with Crippen LogP contribution in [0.1, 0.15) is 10.5 Å². The fourth-order valence-corrected chi connectivity index (χ4v) is 2.50. The van der Waals surface area contributed by atoms with Gasteiger partial charge in [0.05, 0.1) is 11.9 Å². The first-order chi connectivity index (χ1) is 13.3. The van der Waals surface area contributed by atoms with Gasteiger partial charge < -0.3 is 10.1 Å². The highest BCUT2D eigenvalue weighted by Gasteiger charge is 2.12. The topological polar surface area (TPSA) is 69.0 Å². The highest BCUT2D eigenvalue weighted by atomic mass is 16.5. The molecule has 0 saturated heterocycles. The zero-order valence-corrected chi connectivity index (χ0v) is 14.3. The fourth-order valence-electron chi connectivity index (χ4n) is 2.50. The Balaban J connectivity index is 1.42. The van der Waals surface area contributed by atoms with Gasteiger partial charge in [0.1, 0.15) is 11.5 Å². The molecule has 0 fully saturated rings. The van der Waals surface area contributed by atoms with E-state index in [4.69, 9.17) is 4.74 Å². The fraction of sp³-hybridized carbons (Fsp3) is 0. The first-order valence-corrected chi connectivity index (χ1v) is 8.40. The van der Waals surface area contributed by atoms with Gasteiger partial charge in [0.25, 0.3) is 5.91 Å². The van der Waals surface area contributed by atoms with Gasteiger partial charge in [-0.05, 0) is 48.5 Å². The molecular weight excluding hydrogens is 340 g/mol. The number of rotatable bonds is 5. The van der Waals surface area contributed by atoms with Crippen molar-refractivity contribution < 1.29 is 9.53 Å². The summed E-state index contributed by atoms with van der Waals surface area (Å²) in [4.78, 5) is 12.4. The Morgan fingerprint density at radius 1 is 0.815 bits per heavy atom. The van der Waals surface area contributed by atoms with Crippen LogP contribution < -0.4 is 10.1 Å². The number of carbonyl (C=O) groups is 1. The highest BCUT2D eigenvalue weighted by molar-refractivity contribution is 6.02. The van der Waals surface area contributed by atoms with Crippen LogP contribution in [-0.2, 0) is 0 Å². The van der Waals surface area contributed by atoms with E-state index in [1.165, 1.54) is 0 Å². The van der Waals surface area contributed by atoms with Crippen LogP contribution in [0, 0.1) is 0 Å². The monoisotopic (exact) mass is 356 g/mol. The average molecular weight is 356 g/mol. The molecule has 132 valence electrons. The molecule has 0 atom stereocenters. The number of carbonyl (C=O) groups excluding carboxylic acids is 1. The third-order valence-corrected chi connectivity index (χ3v) is 3.84. The maximum atomic E-state index is 12.4. The number of amides is 1. The summed E-state index contributed by atoms with van der Waals surface area (Å²) in [5.74, 6) is 1.12. The summed E-state index contributed by atoms with van der Waals surface area (Å²) in [6, 6.07) is 26.1. The molecular formula is C21H16N4O2. The lowest BCUT2D eigenvalue weighted by Crippen LogP contribution is -2.12. The van der Waals surface area contributed by atoms with Crippen LogP contribution in [0.15, 0.2) is 91.1 Å². The van der Waals surface area contributed by atoms with Gasteiger partial charge >= 0.3 is 0 Å². The number of nitrogens with one attached hydrogen (secondary N) is 1. The molecule has 27 heavy (non-hydrogen) atoms. The number of benzene rings is 3. The van der Waals surface area contributed by atoms with Crippen molar-refractivity contribution in [3.8, 4) is 17.2 Å². The summed E-state index contributed by atoms with van der Waals surface area (Å²) in [5, 5.41) is 10.7. The van der Waals surface area contributed by atoms with Gasteiger partial charge in [-0.3, -0.25) is 4.79 Å². The normalized spacial score (nSPS) is 10.4. The molecule has 0 aliphatic carbocycles. The lowest BCUT2D eigenvalue weighted by atomic mass is 10.3. The van der Waals surface area contributed by atoms with E-state index < -0.39 is 0 Å². The standard InChI is InChI=1S/C21H16N4O2/c26-21(20-15-25(24-23-20)17-7-3-1-4-8-17)22-16-11-13-19(14-12-16)27-18-9-5-2-6-10-18/h1-15H,(H,22,26). The van der Waals surface area contributed by atoms with Crippen LogP contribution in [0.5, 0.6) is 11.5 Å². The largest absolute Gasteiger partial charge is 0.457 e. The minimum absolute atomic E-state index is 0.239. The molecule has 0 aliphatic heterocycles. The van der Waals surface area contributed by atoms with Gasteiger partial charge in [0.15, 0.2) is 5.69 Å². The number of ether oxygens (including phenoxy) is 1. The van der Waals surface area contributed by atoms with E-state index in [1.54, 1.807) is 35.1 Å². The van der Waals surface area contributed by atoms with Crippen molar-refractivity contribution in [1.29, 1.82) is 0 Å². The van der Waals surface area contributed by atoms with Crippen LogP contribution in [0.3, 0.4) is 0 Å². The zero-order chi connectivity index (χ0) is 18.5. The molecule has 0 saturated carbocycles. The summed E-state index contributed by atoms with van der Waals surface area (Å²) in [6.45, 7) is 0. The molecule has 0 spiro atoms. The second-order valence-electron chi connectivity index (χ2n) is 5.78. The van der Waals surface area contributed by atoms with E-state index in [0.717, 1.165) is 11.4 Å². The van der Waals surface area contributed by atoms with Crippen molar-refractivity contribution in [3.63, 3.8) is 0 Å². The minimum atomic E-state index is -0.325. The molecule has 6 heteroatoms. The van der Waals surface area contributed by atoms with Crippen LogP contribution in [0.25, 0.3) is 5.69 Å². The van der Waals surface area contributed by atoms with Crippen molar-refractivity contribution in [2.24, 2.45) is 0 Å². The van der Waals surface area contributed by atoms with E-state index in [0.29, 0.717) is 11.4 Å². The van der Waals surface area contributed by atoms with E-state index in [1.807, 2.05) is 60.7 Å². The Morgan fingerprint density at radius 3 is 2.15 bits per heavy atom. The quantitative estimate of drug-likeness (QED) is 0.578. The second kappa shape index (κ2) is 7.53. The third kappa shape index (κ3) is 4.01. The van der Waals surface area contributed by atoms with Crippen molar-refractivity contribution in [3.05, 3.63) is 96.8 Å². The molecule has 1 heterocycles. The predicted molar refractivity (Wildman–Crippen MR) is 102 cm³/mol. The van der Waals surface area contributed by atoms with E-state index in [-0.39, 0.29) is 11.6 Å².